The zero-order valence-electron chi connectivity index (χ0n) is 15.4. The lowest BCUT2D eigenvalue weighted by atomic mass is 9.53. The molecule has 0 unspecified atom stereocenters. The van der Waals surface area contributed by atoms with Gasteiger partial charge in [-0.3, -0.25) is 19.8 Å². The van der Waals surface area contributed by atoms with Crippen molar-refractivity contribution in [2.24, 2.45) is 11.8 Å². The van der Waals surface area contributed by atoms with E-state index in [1.807, 2.05) is 6.07 Å². The van der Waals surface area contributed by atoms with Crippen LogP contribution in [0.3, 0.4) is 0 Å². The van der Waals surface area contributed by atoms with Crippen LogP contribution in [0.1, 0.15) is 24.8 Å². The molecule has 1 aromatic rings. The Bertz CT molecular complexity index is 976. The molecule has 28 heavy (non-hydrogen) atoms. The molecule has 2 bridgehead atoms. The van der Waals surface area contributed by atoms with Crippen molar-refractivity contribution in [3.8, 4) is 0 Å². The Balaban J connectivity index is 1.50. The lowest BCUT2D eigenvalue weighted by Crippen LogP contribution is -2.69. The molecule has 1 spiro atoms. The van der Waals surface area contributed by atoms with Crippen LogP contribution in [-0.2, 0) is 14.9 Å². The van der Waals surface area contributed by atoms with Crippen molar-refractivity contribution in [3.63, 3.8) is 0 Å². The molecular formula is C21H21N3O4. The standard InChI is InChI=1S/C21H21N3O4/c25-17-9-15-19-12-8-16-21(13-3-1-2-4-14(13)23(17)20(19)21)5-6-22(16)10-11(12)7-18(28-15)24(26)27/h1-4,7,12,15-16,18-20H,5-6,8-10H2/t12-,15-,16+,18-,19-,20-,21+/m0/s1. The number of carbonyl (C=O) groups is 1. The second kappa shape index (κ2) is 4.83. The molecule has 1 aromatic carbocycles. The summed E-state index contributed by atoms with van der Waals surface area (Å²) in [5, 5.41) is 11.6. The second-order valence-corrected chi connectivity index (χ2v) is 9.22. The molecule has 7 atom stereocenters. The van der Waals surface area contributed by atoms with Crippen LogP contribution < -0.4 is 4.90 Å². The van der Waals surface area contributed by atoms with E-state index < -0.39 is 6.23 Å². The molecule has 1 saturated carbocycles. The summed E-state index contributed by atoms with van der Waals surface area (Å²) in [4.78, 5) is 29.1. The Morgan fingerprint density at radius 2 is 2.14 bits per heavy atom. The molecule has 6 aliphatic rings. The fourth-order valence-corrected chi connectivity index (χ4v) is 7.67. The van der Waals surface area contributed by atoms with Gasteiger partial charge in [0.2, 0.25) is 5.91 Å². The zero-order chi connectivity index (χ0) is 18.8. The molecule has 0 aromatic heterocycles. The molecule has 3 saturated heterocycles. The van der Waals surface area contributed by atoms with Gasteiger partial charge in [-0.05, 0) is 42.5 Å². The van der Waals surface area contributed by atoms with Crippen molar-refractivity contribution < 1.29 is 14.5 Å². The Morgan fingerprint density at radius 3 is 3.00 bits per heavy atom. The van der Waals surface area contributed by atoms with Crippen LogP contribution in [0.4, 0.5) is 5.69 Å². The fourth-order valence-electron chi connectivity index (χ4n) is 7.67. The van der Waals surface area contributed by atoms with Crippen molar-refractivity contribution in [1.29, 1.82) is 0 Å². The highest BCUT2D eigenvalue weighted by Crippen LogP contribution is 2.65. The quantitative estimate of drug-likeness (QED) is 0.422. The van der Waals surface area contributed by atoms with Crippen molar-refractivity contribution in [2.45, 2.75) is 49.1 Å². The van der Waals surface area contributed by atoms with Gasteiger partial charge in [-0.15, -0.1) is 0 Å². The van der Waals surface area contributed by atoms with E-state index in [1.54, 1.807) is 6.08 Å². The average Bonchev–Trinajstić information content (AvgIpc) is 3.16. The summed E-state index contributed by atoms with van der Waals surface area (Å²) in [6.45, 7) is 1.79. The Morgan fingerprint density at radius 1 is 1.29 bits per heavy atom. The summed E-state index contributed by atoms with van der Waals surface area (Å²) in [7, 11) is 0. The van der Waals surface area contributed by atoms with E-state index >= 15 is 0 Å². The zero-order valence-corrected chi connectivity index (χ0v) is 15.4. The van der Waals surface area contributed by atoms with E-state index in [0.717, 1.165) is 37.2 Å². The summed E-state index contributed by atoms with van der Waals surface area (Å²) in [5.74, 6) is 0.467. The van der Waals surface area contributed by atoms with Crippen LogP contribution in [0.5, 0.6) is 0 Å². The van der Waals surface area contributed by atoms with E-state index in [0.29, 0.717) is 6.04 Å². The molecular weight excluding hydrogens is 358 g/mol. The first kappa shape index (κ1) is 15.6. The number of nitrogens with zero attached hydrogens (tertiary/aromatic N) is 3. The predicted molar refractivity (Wildman–Crippen MR) is 99.3 cm³/mol. The van der Waals surface area contributed by atoms with Gasteiger partial charge in [-0.25, -0.2) is 0 Å². The number of para-hydroxylation sites is 1. The van der Waals surface area contributed by atoms with Crippen molar-refractivity contribution in [1.82, 2.24) is 4.90 Å². The number of carbonyl (C=O) groups excluding carboxylic acids is 1. The molecule has 7 heteroatoms. The number of hydrogen-bond acceptors (Lipinski definition) is 5. The normalized spacial score (nSPS) is 44.8. The van der Waals surface area contributed by atoms with Crippen molar-refractivity contribution in [2.75, 3.05) is 18.0 Å². The van der Waals surface area contributed by atoms with Gasteiger partial charge in [0.05, 0.1) is 23.5 Å². The van der Waals surface area contributed by atoms with E-state index in [2.05, 4.69) is 28.0 Å². The van der Waals surface area contributed by atoms with Gasteiger partial charge < -0.3 is 9.64 Å². The minimum atomic E-state index is -1.14. The Hall–Kier alpha value is -2.25. The number of rotatable bonds is 1. The Kier molecular flexibility index (Phi) is 2.70. The number of ether oxygens (including phenoxy) is 1. The third kappa shape index (κ3) is 1.56. The minimum absolute atomic E-state index is 0.0547. The first-order valence-electron chi connectivity index (χ1n) is 10.2. The molecule has 0 N–H and O–H groups in total. The molecule has 1 amide bonds. The number of fused-ring (bicyclic) bond motifs is 2. The first-order valence-corrected chi connectivity index (χ1v) is 10.2. The van der Waals surface area contributed by atoms with Crippen LogP contribution in [0.25, 0.3) is 0 Å². The highest BCUT2D eigenvalue weighted by Gasteiger charge is 2.71. The van der Waals surface area contributed by atoms with E-state index in [1.165, 1.54) is 5.56 Å². The predicted octanol–water partition coefficient (Wildman–Crippen LogP) is 1.70. The number of amides is 1. The largest absolute Gasteiger partial charge is 0.335 e. The van der Waals surface area contributed by atoms with Crippen LogP contribution in [0, 0.1) is 22.0 Å². The van der Waals surface area contributed by atoms with Gasteiger partial charge in [0, 0.05) is 35.7 Å². The van der Waals surface area contributed by atoms with Crippen LogP contribution >= 0.6 is 0 Å². The van der Waals surface area contributed by atoms with E-state index in [4.69, 9.17) is 4.74 Å². The van der Waals surface area contributed by atoms with Crippen molar-refractivity contribution >= 4 is 11.6 Å². The minimum Gasteiger partial charge on any atom is -0.310 e. The molecule has 5 aliphatic heterocycles. The summed E-state index contributed by atoms with van der Waals surface area (Å²) >= 11 is 0. The summed E-state index contributed by atoms with van der Waals surface area (Å²) in [6.07, 6.45) is 2.55. The molecule has 1 aliphatic carbocycles. The van der Waals surface area contributed by atoms with Crippen molar-refractivity contribution in [3.05, 3.63) is 51.6 Å². The Labute approximate surface area is 162 Å². The number of hydrogen-bond donors (Lipinski definition) is 0. The van der Waals surface area contributed by atoms with Gasteiger partial charge in [0.15, 0.2) is 0 Å². The molecule has 5 heterocycles. The summed E-state index contributed by atoms with van der Waals surface area (Å²) in [5.41, 5.74) is 3.47. The fraction of sp³-hybridized carbons (Fsp3) is 0.571. The van der Waals surface area contributed by atoms with E-state index in [9.17, 15) is 14.9 Å². The summed E-state index contributed by atoms with van der Waals surface area (Å²) in [6, 6.07) is 8.86. The highest BCUT2D eigenvalue weighted by atomic mass is 16.7. The molecule has 144 valence electrons. The molecule has 4 fully saturated rings. The van der Waals surface area contributed by atoms with Gasteiger partial charge in [-0.2, -0.15) is 0 Å². The maximum atomic E-state index is 13.3. The van der Waals surface area contributed by atoms with Gasteiger partial charge in [0.25, 0.3) is 0 Å². The smallest absolute Gasteiger partial charge is 0.310 e. The van der Waals surface area contributed by atoms with Gasteiger partial charge >= 0.3 is 6.23 Å². The first-order chi connectivity index (χ1) is 13.6. The van der Waals surface area contributed by atoms with Crippen LogP contribution in [-0.4, -0.2) is 53.2 Å². The SMILES string of the molecule is O=C1C[C@@H]2O[C@H]([N+](=O)[O-])C=C3CN4CC[C@]56c7ccccc7N1[C@H]5[C@H]2[C@H]3C[C@@H]46. The molecule has 0 radical (unpaired) electrons. The summed E-state index contributed by atoms with van der Waals surface area (Å²) < 4.78 is 6.02. The third-order valence-corrected chi connectivity index (χ3v) is 8.44. The second-order valence-electron chi connectivity index (χ2n) is 9.22. The van der Waals surface area contributed by atoms with Crippen LogP contribution in [0.2, 0.25) is 0 Å². The molecule has 7 rings (SSSR count). The maximum absolute atomic E-state index is 13.3. The average molecular weight is 379 g/mol. The number of benzene rings is 1. The monoisotopic (exact) mass is 379 g/mol. The lowest BCUT2D eigenvalue weighted by Gasteiger charge is -2.58. The number of piperidine rings is 2. The maximum Gasteiger partial charge on any atom is 0.335 e. The number of nitro groups is 1. The highest BCUT2D eigenvalue weighted by molar-refractivity contribution is 5.99. The van der Waals surface area contributed by atoms with E-state index in [-0.39, 0.29) is 46.6 Å². The van der Waals surface area contributed by atoms with Gasteiger partial charge in [-0.1, -0.05) is 18.2 Å². The lowest BCUT2D eigenvalue weighted by molar-refractivity contribution is -0.565. The topological polar surface area (TPSA) is 75.9 Å². The van der Waals surface area contributed by atoms with Gasteiger partial charge in [0.1, 0.15) is 0 Å². The third-order valence-electron chi connectivity index (χ3n) is 8.44. The molecule has 7 nitrogen and oxygen atoms in total. The number of anilines is 1. The van der Waals surface area contributed by atoms with Crippen LogP contribution in [0.15, 0.2) is 35.9 Å².